The minimum absolute atomic E-state index is 0.0658. The predicted molar refractivity (Wildman–Crippen MR) is 69.3 cm³/mol. The number of rotatable bonds is 5. The zero-order valence-corrected chi connectivity index (χ0v) is 13.0. The minimum atomic E-state index is -4.79. The van der Waals surface area contributed by atoms with Gasteiger partial charge in [0.2, 0.25) is 10.0 Å². The summed E-state index contributed by atoms with van der Waals surface area (Å²) in [5, 5.41) is 12.9. The van der Waals surface area contributed by atoms with Crippen molar-refractivity contribution in [3.63, 3.8) is 0 Å². The molecule has 0 aliphatic heterocycles. The van der Waals surface area contributed by atoms with Crippen LogP contribution >= 0.6 is 0 Å². The van der Waals surface area contributed by atoms with Crippen molar-refractivity contribution in [3.05, 3.63) is 11.4 Å². The number of hydrogen-bond donors (Lipinski definition) is 1. The Morgan fingerprint density at radius 1 is 1.38 bits per heavy atom. The fraction of sp³-hybridized carbons (Fsp3) is 0.727. The highest BCUT2D eigenvalue weighted by molar-refractivity contribution is 7.89. The van der Waals surface area contributed by atoms with Crippen molar-refractivity contribution in [1.29, 1.82) is 0 Å². The van der Waals surface area contributed by atoms with Gasteiger partial charge in [-0.15, -0.1) is 0 Å². The molecular formula is C11H18F3N3O3S. The van der Waals surface area contributed by atoms with E-state index in [4.69, 9.17) is 5.11 Å². The van der Waals surface area contributed by atoms with Crippen LogP contribution < -0.4 is 0 Å². The van der Waals surface area contributed by atoms with Crippen LogP contribution in [0.1, 0.15) is 18.3 Å². The van der Waals surface area contributed by atoms with Crippen molar-refractivity contribution < 1.29 is 26.7 Å². The number of alkyl halides is 3. The van der Waals surface area contributed by atoms with E-state index < -0.39 is 28.8 Å². The first-order chi connectivity index (χ1) is 9.42. The van der Waals surface area contributed by atoms with E-state index in [9.17, 15) is 21.6 Å². The third-order valence-electron chi connectivity index (χ3n) is 3.15. The fourth-order valence-electron chi connectivity index (χ4n) is 1.82. The molecule has 6 nitrogen and oxygen atoms in total. The molecule has 1 aromatic heterocycles. The second-order valence-corrected chi connectivity index (χ2v) is 6.64. The van der Waals surface area contributed by atoms with Gasteiger partial charge in [-0.2, -0.15) is 18.3 Å². The van der Waals surface area contributed by atoms with Crippen LogP contribution in [0.4, 0.5) is 13.2 Å². The summed E-state index contributed by atoms with van der Waals surface area (Å²) in [5.41, 5.74) is 0.165. The van der Waals surface area contributed by atoms with Gasteiger partial charge in [0.25, 0.3) is 0 Å². The molecule has 1 aromatic rings. The van der Waals surface area contributed by atoms with Crippen LogP contribution in [0.3, 0.4) is 0 Å². The zero-order valence-electron chi connectivity index (χ0n) is 12.1. The van der Waals surface area contributed by atoms with Gasteiger partial charge in [-0.3, -0.25) is 4.68 Å². The Bertz CT molecular complexity index is 610. The van der Waals surface area contributed by atoms with E-state index in [2.05, 4.69) is 5.10 Å². The highest BCUT2D eigenvalue weighted by atomic mass is 32.2. The number of nitrogens with zero attached hydrogens (tertiary/aromatic N) is 3. The van der Waals surface area contributed by atoms with Gasteiger partial charge in [-0.25, -0.2) is 12.7 Å². The average Bonchev–Trinajstić information content (AvgIpc) is 2.62. The van der Waals surface area contributed by atoms with Gasteiger partial charge in [0.15, 0.2) is 6.10 Å². The zero-order chi connectivity index (χ0) is 16.6. The fourth-order valence-corrected chi connectivity index (χ4v) is 3.37. The van der Waals surface area contributed by atoms with E-state index >= 15 is 0 Å². The second kappa shape index (κ2) is 5.93. The molecule has 10 heteroatoms. The Morgan fingerprint density at radius 3 is 2.33 bits per heavy atom. The van der Waals surface area contributed by atoms with Crippen LogP contribution in [0.15, 0.2) is 4.90 Å². The third kappa shape index (κ3) is 3.55. The molecule has 0 saturated carbocycles. The summed E-state index contributed by atoms with van der Waals surface area (Å²) >= 11 is 0. The standard InChI is InChI=1S/C11H18F3N3O3S/c1-5-16(4)21(19,20)10-7(2)15-17(8(10)3)6-9(18)11(12,13)14/h9,18H,5-6H2,1-4H3/t9-/m0/s1. The summed E-state index contributed by atoms with van der Waals surface area (Å²) in [6.45, 7) is 3.78. The lowest BCUT2D eigenvalue weighted by atomic mass is 10.3. The van der Waals surface area contributed by atoms with Gasteiger partial charge >= 0.3 is 6.18 Å². The number of aryl methyl sites for hydroxylation is 1. The monoisotopic (exact) mass is 329 g/mol. The third-order valence-corrected chi connectivity index (χ3v) is 5.34. The van der Waals surface area contributed by atoms with Gasteiger partial charge in [0.1, 0.15) is 4.90 Å². The van der Waals surface area contributed by atoms with E-state index in [0.29, 0.717) is 0 Å². The number of aromatic nitrogens is 2. The topological polar surface area (TPSA) is 75.4 Å². The molecule has 21 heavy (non-hydrogen) atoms. The summed E-state index contributed by atoms with van der Waals surface area (Å²) in [4.78, 5) is -0.124. The van der Waals surface area contributed by atoms with E-state index in [1.807, 2.05) is 0 Å². The maximum Gasteiger partial charge on any atom is 0.416 e. The molecular weight excluding hydrogens is 311 g/mol. The number of aliphatic hydroxyl groups is 1. The van der Waals surface area contributed by atoms with Crippen LogP contribution in [-0.4, -0.2) is 53.5 Å². The molecule has 0 aliphatic carbocycles. The van der Waals surface area contributed by atoms with Gasteiger partial charge < -0.3 is 5.11 Å². The second-order valence-electron chi connectivity index (χ2n) is 4.66. The number of hydrogen-bond acceptors (Lipinski definition) is 4. The van der Waals surface area contributed by atoms with Crippen LogP contribution in [0, 0.1) is 13.8 Å². The highest BCUT2D eigenvalue weighted by Crippen LogP contribution is 2.25. The Balaban J connectivity index is 3.24. The SMILES string of the molecule is CCN(C)S(=O)(=O)c1c(C)nn(C[C@H](O)C(F)(F)F)c1C. The van der Waals surface area contributed by atoms with Crippen molar-refractivity contribution in [2.24, 2.45) is 0 Å². The molecule has 0 bridgehead atoms. The van der Waals surface area contributed by atoms with Crippen molar-refractivity contribution in [2.75, 3.05) is 13.6 Å². The summed E-state index contributed by atoms with van der Waals surface area (Å²) in [7, 11) is -2.44. The quantitative estimate of drug-likeness (QED) is 0.877. The molecule has 0 unspecified atom stereocenters. The largest absolute Gasteiger partial charge is 0.416 e. The predicted octanol–water partition coefficient (Wildman–Crippen LogP) is 1.06. The molecule has 1 atom stereocenters. The summed E-state index contributed by atoms with van der Waals surface area (Å²) in [5.74, 6) is 0. The first-order valence-corrected chi connectivity index (χ1v) is 7.62. The van der Waals surface area contributed by atoms with Gasteiger partial charge in [0.05, 0.1) is 17.9 Å². The highest BCUT2D eigenvalue weighted by Gasteiger charge is 2.39. The van der Waals surface area contributed by atoms with Crippen LogP contribution in [-0.2, 0) is 16.6 Å². The summed E-state index contributed by atoms with van der Waals surface area (Å²) in [6.07, 6.45) is -7.39. The van der Waals surface area contributed by atoms with Crippen molar-refractivity contribution in [1.82, 2.24) is 14.1 Å². The lowest BCUT2D eigenvalue weighted by Gasteiger charge is -2.16. The molecule has 0 saturated heterocycles. The number of aliphatic hydroxyl groups excluding tert-OH is 1. The smallest absolute Gasteiger partial charge is 0.382 e. The summed E-state index contributed by atoms with van der Waals surface area (Å²) < 4.78 is 63.6. The lowest BCUT2D eigenvalue weighted by molar-refractivity contribution is -0.208. The molecule has 1 rings (SSSR count). The first-order valence-electron chi connectivity index (χ1n) is 6.18. The van der Waals surface area contributed by atoms with E-state index in [1.54, 1.807) is 6.92 Å². The number of sulfonamides is 1. The molecule has 0 amide bonds. The summed E-state index contributed by atoms with van der Waals surface area (Å²) in [6, 6.07) is 0. The Hall–Kier alpha value is -1.13. The maximum atomic E-state index is 12.4. The molecule has 0 radical (unpaired) electrons. The van der Waals surface area contributed by atoms with Crippen molar-refractivity contribution in [2.45, 2.75) is 44.5 Å². The first kappa shape index (κ1) is 17.9. The maximum absolute atomic E-state index is 12.4. The Morgan fingerprint density at radius 2 is 1.90 bits per heavy atom. The van der Waals surface area contributed by atoms with Crippen LogP contribution in [0.2, 0.25) is 0 Å². The average molecular weight is 329 g/mol. The number of halogens is 3. The minimum Gasteiger partial charge on any atom is -0.382 e. The molecule has 0 aliphatic rings. The molecule has 0 aromatic carbocycles. The van der Waals surface area contributed by atoms with E-state index in [0.717, 1.165) is 8.99 Å². The Labute approximate surface area is 121 Å². The van der Waals surface area contributed by atoms with Crippen LogP contribution in [0.5, 0.6) is 0 Å². The molecule has 0 spiro atoms. The van der Waals surface area contributed by atoms with E-state index in [-0.39, 0.29) is 22.8 Å². The van der Waals surface area contributed by atoms with Gasteiger partial charge in [-0.1, -0.05) is 6.92 Å². The molecule has 0 fully saturated rings. The van der Waals surface area contributed by atoms with E-state index in [1.165, 1.54) is 20.9 Å². The molecule has 1 N–H and O–H groups in total. The Kier molecular flexibility index (Phi) is 5.06. The van der Waals surface area contributed by atoms with Crippen LogP contribution in [0.25, 0.3) is 0 Å². The molecule has 1 heterocycles. The lowest BCUT2D eigenvalue weighted by Crippen LogP contribution is -2.33. The van der Waals surface area contributed by atoms with Crippen molar-refractivity contribution in [3.8, 4) is 0 Å². The van der Waals surface area contributed by atoms with Gasteiger partial charge in [-0.05, 0) is 13.8 Å². The van der Waals surface area contributed by atoms with Gasteiger partial charge in [0, 0.05) is 13.6 Å². The normalized spacial score (nSPS) is 14.7. The molecule has 122 valence electrons. The van der Waals surface area contributed by atoms with Crippen molar-refractivity contribution >= 4 is 10.0 Å².